The Bertz CT molecular complexity index is 801. The molecular formula is C22H32IN5O3. The zero-order valence-corrected chi connectivity index (χ0v) is 20.1. The van der Waals surface area contributed by atoms with E-state index in [1.54, 1.807) is 12.1 Å². The molecule has 1 heterocycles. The summed E-state index contributed by atoms with van der Waals surface area (Å²) in [5.74, 6) is 2.66. The first-order valence-corrected chi connectivity index (χ1v) is 11.1. The molecule has 3 unspecified atom stereocenters. The number of likely N-dealkylation sites (tertiary alicyclic amines) is 1. The van der Waals surface area contributed by atoms with Gasteiger partial charge in [-0.25, -0.2) is 4.99 Å². The topological polar surface area (TPSA) is 99.9 Å². The van der Waals surface area contributed by atoms with Gasteiger partial charge in [0.2, 0.25) is 5.91 Å². The van der Waals surface area contributed by atoms with Gasteiger partial charge in [-0.1, -0.05) is 18.6 Å². The van der Waals surface area contributed by atoms with E-state index in [1.165, 1.54) is 37.8 Å². The van der Waals surface area contributed by atoms with Crippen molar-refractivity contribution in [3.05, 3.63) is 39.9 Å². The Morgan fingerprint density at radius 2 is 2.03 bits per heavy atom. The third-order valence-electron chi connectivity index (χ3n) is 6.70. The van der Waals surface area contributed by atoms with Gasteiger partial charge in [0, 0.05) is 44.2 Å². The highest BCUT2D eigenvalue weighted by Gasteiger charge is 2.39. The molecule has 8 nitrogen and oxygen atoms in total. The van der Waals surface area contributed by atoms with E-state index in [-0.39, 0.29) is 40.5 Å². The molecule has 170 valence electrons. The summed E-state index contributed by atoms with van der Waals surface area (Å²) in [4.78, 5) is 28.9. The van der Waals surface area contributed by atoms with Crippen LogP contribution in [0.15, 0.2) is 29.3 Å². The molecule has 3 atom stereocenters. The van der Waals surface area contributed by atoms with Crippen LogP contribution in [-0.4, -0.2) is 47.4 Å². The number of halogens is 1. The van der Waals surface area contributed by atoms with E-state index < -0.39 is 0 Å². The third kappa shape index (κ3) is 6.30. The van der Waals surface area contributed by atoms with E-state index in [2.05, 4.69) is 10.6 Å². The van der Waals surface area contributed by atoms with Gasteiger partial charge in [-0.15, -0.1) is 24.0 Å². The van der Waals surface area contributed by atoms with E-state index in [1.807, 2.05) is 4.90 Å². The average molecular weight is 541 g/mol. The molecule has 9 heteroatoms. The first kappa shape index (κ1) is 23.7. The molecule has 1 aliphatic heterocycles. The van der Waals surface area contributed by atoms with E-state index in [0.29, 0.717) is 19.0 Å². The number of amides is 1. The van der Waals surface area contributed by atoms with Crippen LogP contribution in [0.25, 0.3) is 0 Å². The van der Waals surface area contributed by atoms with Crippen LogP contribution in [-0.2, 0) is 11.3 Å². The van der Waals surface area contributed by atoms with Gasteiger partial charge in [-0.05, 0) is 49.5 Å². The summed E-state index contributed by atoms with van der Waals surface area (Å²) >= 11 is 0. The summed E-state index contributed by atoms with van der Waals surface area (Å²) in [6, 6.07) is 7.04. The minimum absolute atomic E-state index is 0. The van der Waals surface area contributed by atoms with Crippen molar-refractivity contribution in [2.24, 2.45) is 16.8 Å². The maximum absolute atomic E-state index is 11.8. The van der Waals surface area contributed by atoms with Gasteiger partial charge in [0.1, 0.15) is 0 Å². The standard InChI is InChI=1S/C22H31N5O3.HI/c28-21-3-1-11-26(21)12-2-10-23-22(25-20-14-17-4-7-18(20)13-17)24-15-16-5-8-19(9-6-16)27(29)30;/h5-6,8-9,17-18,20H,1-4,7,10-15H2,(H2,23,24,25);1H. The molecule has 3 aliphatic rings. The maximum Gasteiger partial charge on any atom is 0.269 e. The molecule has 1 aromatic rings. The maximum atomic E-state index is 11.8. The van der Waals surface area contributed by atoms with Crippen molar-refractivity contribution in [1.29, 1.82) is 0 Å². The monoisotopic (exact) mass is 541 g/mol. The number of carbonyl (C=O) groups is 1. The van der Waals surface area contributed by atoms with Crippen molar-refractivity contribution in [1.82, 2.24) is 15.5 Å². The van der Waals surface area contributed by atoms with Crippen LogP contribution >= 0.6 is 24.0 Å². The normalized spacial score (nSPS) is 24.9. The molecule has 2 saturated carbocycles. The lowest BCUT2D eigenvalue weighted by Gasteiger charge is -2.25. The van der Waals surface area contributed by atoms with Crippen molar-refractivity contribution >= 4 is 41.5 Å². The van der Waals surface area contributed by atoms with Crippen LogP contribution in [0.5, 0.6) is 0 Å². The van der Waals surface area contributed by atoms with Crippen LogP contribution in [0.1, 0.15) is 50.5 Å². The van der Waals surface area contributed by atoms with Crippen molar-refractivity contribution in [3.63, 3.8) is 0 Å². The highest BCUT2D eigenvalue weighted by molar-refractivity contribution is 14.0. The number of rotatable bonds is 8. The highest BCUT2D eigenvalue weighted by atomic mass is 127. The number of nitro groups is 1. The number of nitrogens with one attached hydrogen (secondary N) is 2. The Balaban J connectivity index is 0.00000272. The SMILES string of the molecule is I.O=C1CCCN1CCCNC(=NCc1ccc([N+](=O)[O-])cc1)NC1CC2CCC1C2. The first-order chi connectivity index (χ1) is 14.6. The van der Waals surface area contributed by atoms with Crippen molar-refractivity contribution in [3.8, 4) is 0 Å². The molecule has 1 saturated heterocycles. The van der Waals surface area contributed by atoms with Crippen molar-refractivity contribution in [2.45, 2.75) is 57.5 Å². The number of nitro benzene ring substituents is 1. The van der Waals surface area contributed by atoms with E-state index in [4.69, 9.17) is 4.99 Å². The highest BCUT2D eigenvalue weighted by Crippen LogP contribution is 2.44. The van der Waals surface area contributed by atoms with Gasteiger partial charge in [-0.3, -0.25) is 14.9 Å². The van der Waals surface area contributed by atoms with Crippen molar-refractivity contribution < 1.29 is 9.72 Å². The van der Waals surface area contributed by atoms with Gasteiger partial charge < -0.3 is 15.5 Å². The number of carbonyl (C=O) groups excluding carboxylic acids is 1. The molecule has 2 bridgehead atoms. The molecule has 0 spiro atoms. The lowest BCUT2D eigenvalue weighted by Crippen LogP contribution is -2.46. The Labute approximate surface area is 200 Å². The molecular weight excluding hydrogens is 509 g/mol. The summed E-state index contributed by atoms with van der Waals surface area (Å²) in [5, 5.41) is 17.9. The Morgan fingerprint density at radius 1 is 1.23 bits per heavy atom. The summed E-state index contributed by atoms with van der Waals surface area (Å²) < 4.78 is 0. The van der Waals surface area contributed by atoms with Crippen LogP contribution in [0.3, 0.4) is 0 Å². The molecule has 3 fully saturated rings. The van der Waals surface area contributed by atoms with Crippen LogP contribution in [0, 0.1) is 22.0 Å². The molecule has 1 amide bonds. The van der Waals surface area contributed by atoms with E-state index in [0.717, 1.165) is 55.8 Å². The molecule has 2 N–H and O–H groups in total. The Morgan fingerprint density at radius 3 is 2.65 bits per heavy atom. The molecule has 2 aliphatic carbocycles. The zero-order chi connectivity index (χ0) is 20.9. The quantitative estimate of drug-likeness (QED) is 0.131. The smallest absolute Gasteiger partial charge is 0.269 e. The minimum Gasteiger partial charge on any atom is -0.356 e. The van der Waals surface area contributed by atoms with E-state index in [9.17, 15) is 14.9 Å². The molecule has 0 radical (unpaired) electrons. The van der Waals surface area contributed by atoms with Gasteiger partial charge in [0.15, 0.2) is 5.96 Å². The number of benzene rings is 1. The molecule has 0 aromatic heterocycles. The largest absolute Gasteiger partial charge is 0.356 e. The fourth-order valence-electron chi connectivity index (χ4n) is 5.06. The predicted molar refractivity (Wildman–Crippen MR) is 130 cm³/mol. The van der Waals surface area contributed by atoms with Gasteiger partial charge >= 0.3 is 0 Å². The Hall–Kier alpha value is -1.91. The minimum atomic E-state index is -0.387. The number of guanidine groups is 1. The molecule has 4 rings (SSSR count). The number of hydrogen-bond donors (Lipinski definition) is 2. The summed E-state index contributed by atoms with van der Waals surface area (Å²) in [6.07, 6.45) is 7.74. The molecule has 1 aromatic carbocycles. The summed E-state index contributed by atoms with van der Waals surface area (Å²) in [7, 11) is 0. The number of fused-ring (bicyclic) bond motifs is 2. The first-order valence-electron chi connectivity index (χ1n) is 11.1. The summed E-state index contributed by atoms with van der Waals surface area (Å²) in [6.45, 7) is 2.90. The van der Waals surface area contributed by atoms with Gasteiger partial charge in [0.25, 0.3) is 5.69 Å². The second-order valence-corrected chi connectivity index (χ2v) is 8.78. The Kier molecular flexibility index (Phi) is 8.50. The molecule has 31 heavy (non-hydrogen) atoms. The van der Waals surface area contributed by atoms with E-state index >= 15 is 0 Å². The zero-order valence-electron chi connectivity index (χ0n) is 17.8. The van der Waals surface area contributed by atoms with Crippen LogP contribution in [0.2, 0.25) is 0 Å². The van der Waals surface area contributed by atoms with Gasteiger partial charge in [-0.2, -0.15) is 0 Å². The summed E-state index contributed by atoms with van der Waals surface area (Å²) in [5.41, 5.74) is 1.04. The van der Waals surface area contributed by atoms with Gasteiger partial charge in [0.05, 0.1) is 11.5 Å². The lowest BCUT2D eigenvalue weighted by atomic mass is 9.95. The number of nitrogens with zero attached hydrogens (tertiary/aromatic N) is 3. The second kappa shape index (κ2) is 11.1. The lowest BCUT2D eigenvalue weighted by molar-refractivity contribution is -0.384. The average Bonchev–Trinajstić information content (AvgIpc) is 3.47. The fourth-order valence-corrected chi connectivity index (χ4v) is 5.06. The second-order valence-electron chi connectivity index (χ2n) is 8.78. The van der Waals surface area contributed by atoms with Crippen molar-refractivity contribution in [2.75, 3.05) is 19.6 Å². The number of hydrogen-bond acceptors (Lipinski definition) is 4. The third-order valence-corrected chi connectivity index (χ3v) is 6.70. The number of non-ortho nitro benzene ring substituents is 1. The number of aliphatic imine (C=N–C) groups is 1. The fraction of sp³-hybridized carbons (Fsp3) is 0.636. The van der Waals surface area contributed by atoms with Crippen LogP contribution < -0.4 is 10.6 Å². The van der Waals surface area contributed by atoms with Crippen LogP contribution in [0.4, 0.5) is 5.69 Å². The predicted octanol–water partition coefficient (Wildman–Crippen LogP) is 3.45.